The molecule has 0 unspecified atom stereocenters. The van der Waals surface area contributed by atoms with Crippen molar-refractivity contribution in [3.63, 3.8) is 0 Å². The van der Waals surface area contributed by atoms with Gasteiger partial charge in [0.05, 0.1) is 13.2 Å². The largest absolute Gasteiger partial charge is 0.392 e. The van der Waals surface area contributed by atoms with E-state index in [0.29, 0.717) is 5.92 Å². The summed E-state index contributed by atoms with van der Waals surface area (Å²) in [5.41, 5.74) is 1.95. The maximum absolute atomic E-state index is 9.36. The van der Waals surface area contributed by atoms with Crippen LogP contribution in [0.4, 0.5) is 5.82 Å². The fourth-order valence-corrected chi connectivity index (χ4v) is 2.03. The predicted molar refractivity (Wildman–Crippen MR) is 81.1 cm³/mol. The van der Waals surface area contributed by atoms with Gasteiger partial charge in [0.1, 0.15) is 5.82 Å². The van der Waals surface area contributed by atoms with E-state index < -0.39 is 0 Å². The van der Waals surface area contributed by atoms with Gasteiger partial charge in [-0.2, -0.15) is 0 Å². The summed E-state index contributed by atoms with van der Waals surface area (Å²) in [5, 5.41) is 9.36. The molecule has 1 aliphatic carbocycles. The third-order valence-electron chi connectivity index (χ3n) is 3.68. The van der Waals surface area contributed by atoms with Crippen LogP contribution in [0.25, 0.3) is 0 Å². The molecule has 1 heterocycles. The molecule has 0 aliphatic heterocycles. The Kier molecular flexibility index (Phi) is 5.38. The molecule has 0 bridgehead atoms. The second-order valence-corrected chi connectivity index (χ2v) is 6.01. The maximum atomic E-state index is 9.36. The summed E-state index contributed by atoms with van der Waals surface area (Å²) in [6, 6.07) is 3.93. The number of anilines is 1. The molecule has 1 fully saturated rings. The van der Waals surface area contributed by atoms with E-state index in [0.717, 1.165) is 42.8 Å². The Morgan fingerprint density at radius 2 is 2.15 bits per heavy atom. The van der Waals surface area contributed by atoms with Crippen molar-refractivity contribution in [3.8, 4) is 0 Å². The average molecular weight is 278 g/mol. The van der Waals surface area contributed by atoms with Crippen molar-refractivity contribution in [2.45, 2.75) is 39.2 Å². The van der Waals surface area contributed by atoms with Crippen LogP contribution in [-0.4, -0.2) is 36.9 Å². The summed E-state index contributed by atoms with van der Waals surface area (Å²) in [6.45, 7) is 6.75. The monoisotopic (exact) mass is 278 g/mol. The summed E-state index contributed by atoms with van der Waals surface area (Å²) < 4.78 is 5.67. The zero-order valence-corrected chi connectivity index (χ0v) is 12.8. The number of aromatic nitrogens is 1. The highest BCUT2D eigenvalue weighted by Gasteiger charge is 2.21. The zero-order valence-electron chi connectivity index (χ0n) is 12.8. The molecule has 0 amide bonds. The number of pyridine rings is 1. The Labute approximate surface area is 121 Å². The highest BCUT2D eigenvalue weighted by molar-refractivity contribution is 5.42. The smallest absolute Gasteiger partial charge is 0.128 e. The summed E-state index contributed by atoms with van der Waals surface area (Å²) in [4.78, 5) is 6.76. The van der Waals surface area contributed by atoms with Gasteiger partial charge in [0.25, 0.3) is 0 Å². The topological polar surface area (TPSA) is 45.6 Å². The lowest BCUT2D eigenvalue weighted by molar-refractivity contribution is 0.131. The van der Waals surface area contributed by atoms with Gasteiger partial charge in [0.2, 0.25) is 0 Å². The van der Waals surface area contributed by atoms with Crippen LogP contribution in [0, 0.1) is 5.92 Å². The first-order valence-electron chi connectivity index (χ1n) is 7.50. The minimum absolute atomic E-state index is 0.0568. The fraction of sp³-hybridized carbons (Fsp3) is 0.688. The first kappa shape index (κ1) is 15.3. The Morgan fingerprint density at radius 1 is 1.40 bits per heavy atom. The van der Waals surface area contributed by atoms with Crippen LogP contribution >= 0.6 is 0 Å². The van der Waals surface area contributed by atoms with E-state index in [-0.39, 0.29) is 6.61 Å². The van der Waals surface area contributed by atoms with E-state index >= 15 is 0 Å². The lowest BCUT2D eigenvalue weighted by atomic mass is 10.1. The molecule has 1 aromatic rings. The first-order chi connectivity index (χ1) is 9.60. The summed E-state index contributed by atoms with van der Waals surface area (Å²) in [5.74, 6) is 2.08. The van der Waals surface area contributed by atoms with E-state index in [9.17, 15) is 5.11 Å². The average Bonchev–Trinajstić information content (AvgIpc) is 3.26. The van der Waals surface area contributed by atoms with Gasteiger partial charge < -0.3 is 14.7 Å². The highest BCUT2D eigenvalue weighted by atomic mass is 16.5. The number of likely N-dealkylation sites (N-methyl/N-ethyl adjacent to an activating group) is 1. The number of hydrogen-bond acceptors (Lipinski definition) is 4. The lowest BCUT2D eigenvalue weighted by Gasteiger charge is -2.20. The molecule has 0 atom stereocenters. The van der Waals surface area contributed by atoms with Crippen LogP contribution in [0.3, 0.4) is 0 Å². The van der Waals surface area contributed by atoms with Crippen molar-refractivity contribution < 1.29 is 9.84 Å². The van der Waals surface area contributed by atoms with Crippen molar-refractivity contribution >= 4 is 5.82 Å². The second-order valence-electron chi connectivity index (χ2n) is 6.01. The number of aliphatic hydroxyl groups excluding tert-OH is 1. The Morgan fingerprint density at radius 3 is 2.75 bits per heavy atom. The number of rotatable bonds is 8. The third-order valence-corrected chi connectivity index (χ3v) is 3.68. The van der Waals surface area contributed by atoms with E-state index in [2.05, 4.69) is 23.7 Å². The molecular formula is C16H26N2O2. The van der Waals surface area contributed by atoms with E-state index in [1.807, 2.05) is 19.2 Å². The molecule has 4 heteroatoms. The van der Waals surface area contributed by atoms with Crippen LogP contribution in [0.5, 0.6) is 0 Å². The molecule has 20 heavy (non-hydrogen) atoms. The second kappa shape index (κ2) is 7.04. The highest BCUT2D eigenvalue weighted by Crippen LogP contribution is 2.28. The Hall–Kier alpha value is -1.13. The number of aliphatic hydroxyl groups is 1. The van der Waals surface area contributed by atoms with Gasteiger partial charge in [0.15, 0.2) is 0 Å². The van der Waals surface area contributed by atoms with Crippen molar-refractivity contribution in [2.75, 3.05) is 31.7 Å². The molecule has 1 aliphatic rings. The third kappa shape index (κ3) is 4.46. The Balaban J connectivity index is 1.92. The molecule has 0 spiro atoms. The van der Waals surface area contributed by atoms with E-state index in [1.54, 1.807) is 0 Å². The van der Waals surface area contributed by atoms with Crippen molar-refractivity contribution in [2.24, 2.45) is 5.92 Å². The standard InChI is InChI=1S/C16H26N2O2/c1-12(2)15-8-14(10-19)9-16(17-15)18(3)6-7-20-11-13-4-5-13/h8-9,12-13,19H,4-7,10-11H2,1-3H3. The fourth-order valence-electron chi connectivity index (χ4n) is 2.03. The van der Waals surface area contributed by atoms with Crippen LogP contribution < -0.4 is 4.90 Å². The van der Waals surface area contributed by atoms with Crippen molar-refractivity contribution in [1.29, 1.82) is 0 Å². The van der Waals surface area contributed by atoms with Gasteiger partial charge >= 0.3 is 0 Å². The van der Waals surface area contributed by atoms with Crippen molar-refractivity contribution in [1.82, 2.24) is 4.98 Å². The van der Waals surface area contributed by atoms with E-state index in [1.165, 1.54) is 12.8 Å². The minimum Gasteiger partial charge on any atom is -0.392 e. The lowest BCUT2D eigenvalue weighted by Crippen LogP contribution is -2.24. The molecule has 1 aromatic heterocycles. The molecule has 0 aromatic carbocycles. The van der Waals surface area contributed by atoms with E-state index in [4.69, 9.17) is 4.74 Å². The Bertz CT molecular complexity index is 430. The predicted octanol–water partition coefficient (Wildman–Crippen LogP) is 2.56. The van der Waals surface area contributed by atoms with Crippen LogP contribution in [0.1, 0.15) is 43.9 Å². The van der Waals surface area contributed by atoms with Gasteiger partial charge in [0, 0.05) is 25.9 Å². The molecule has 0 radical (unpaired) electrons. The van der Waals surface area contributed by atoms with Crippen LogP contribution in [0.15, 0.2) is 12.1 Å². The summed E-state index contributed by atoms with van der Waals surface area (Å²) >= 11 is 0. The van der Waals surface area contributed by atoms with Gasteiger partial charge in [-0.05, 0) is 42.4 Å². The quantitative estimate of drug-likeness (QED) is 0.742. The summed E-state index contributed by atoms with van der Waals surface area (Å²) in [7, 11) is 2.02. The normalized spacial score (nSPS) is 14.8. The number of ether oxygens (including phenoxy) is 1. The number of hydrogen-bond donors (Lipinski definition) is 1. The van der Waals surface area contributed by atoms with Crippen molar-refractivity contribution in [3.05, 3.63) is 23.4 Å². The summed E-state index contributed by atoms with van der Waals surface area (Å²) in [6.07, 6.45) is 2.65. The SMILES string of the molecule is CC(C)c1cc(CO)cc(N(C)CCOCC2CC2)n1. The zero-order chi connectivity index (χ0) is 14.5. The molecule has 1 saturated carbocycles. The molecule has 4 nitrogen and oxygen atoms in total. The first-order valence-corrected chi connectivity index (χ1v) is 7.50. The van der Waals surface area contributed by atoms with Gasteiger partial charge in [-0.3, -0.25) is 0 Å². The molecular weight excluding hydrogens is 252 g/mol. The van der Waals surface area contributed by atoms with Gasteiger partial charge in [-0.25, -0.2) is 4.98 Å². The van der Waals surface area contributed by atoms with Crippen LogP contribution in [-0.2, 0) is 11.3 Å². The maximum Gasteiger partial charge on any atom is 0.128 e. The van der Waals surface area contributed by atoms with Gasteiger partial charge in [-0.1, -0.05) is 13.8 Å². The minimum atomic E-state index is 0.0568. The van der Waals surface area contributed by atoms with Crippen LogP contribution in [0.2, 0.25) is 0 Å². The van der Waals surface area contributed by atoms with Gasteiger partial charge in [-0.15, -0.1) is 0 Å². The molecule has 112 valence electrons. The molecule has 2 rings (SSSR count). The molecule has 1 N–H and O–H groups in total. The number of nitrogens with zero attached hydrogens (tertiary/aromatic N) is 2. The molecule has 0 saturated heterocycles.